The number of hydrogen-bond donors (Lipinski definition) is 1. The first kappa shape index (κ1) is 21.7. The Morgan fingerprint density at radius 2 is 1.62 bits per heavy atom. The summed E-state index contributed by atoms with van der Waals surface area (Å²) in [5.41, 5.74) is 1.41. The normalized spacial score (nSPS) is 18.3. The molecule has 1 unspecified atom stereocenters. The smallest absolute Gasteiger partial charge is 0.0375 e. The van der Waals surface area contributed by atoms with Crippen LogP contribution < -0.4 is 5.32 Å². The highest BCUT2D eigenvalue weighted by molar-refractivity contribution is 9.11. The standard InChI is InChI=1S/C15H22Br2N2.2ClH/c1-3-11(2)15(19-6-4-18-5-7-19)12-8-13(16)10-14(17)9-12;;/h8-11,15,18H,3-7H2,1-2H3;2*1H/t11?,15-;;/m0../s1. The molecule has 2 atom stereocenters. The van der Waals surface area contributed by atoms with Crippen LogP contribution in [0.2, 0.25) is 0 Å². The quantitative estimate of drug-likeness (QED) is 0.673. The summed E-state index contributed by atoms with van der Waals surface area (Å²) in [7, 11) is 0. The molecule has 0 aromatic heterocycles. The number of nitrogens with one attached hydrogen (secondary N) is 1. The molecule has 1 aromatic carbocycles. The van der Waals surface area contributed by atoms with E-state index in [4.69, 9.17) is 0 Å². The summed E-state index contributed by atoms with van der Waals surface area (Å²) in [4.78, 5) is 2.62. The Labute approximate surface area is 157 Å². The third-order valence-electron chi connectivity index (χ3n) is 3.95. The largest absolute Gasteiger partial charge is 0.314 e. The SMILES string of the molecule is CCC(C)[C@@H](c1cc(Br)cc(Br)c1)N1CCNCC1.Cl.Cl. The second kappa shape index (κ2) is 10.5. The van der Waals surface area contributed by atoms with Crippen LogP contribution in [0.3, 0.4) is 0 Å². The van der Waals surface area contributed by atoms with Crippen molar-refractivity contribution in [2.45, 2.75) is 26.3 Å². The molecule has 0 spiro atoms. The molecule has 1 aliphatic rings. The summed E-state index contributed by atoms with van der Waals surface area (Å²) in [6.07, 6.45) is 1.21. The minimum absolute atomic E-state index is 0. The van der Waals surface area contributed by atoms with Crippen LogP contribution in [-0.4, -0.2) is 31.1 Å². The Hall–Kier alpha value is 0.680. The molecule has 0 saturated carbocycles. The van der Waals surface area contributed by atoms with Crippen molar-refractivity contribution in [3.05, 3.63) is 32.7 Å². The van der Waals surface area contributed by atoms with Gasteiger partial charge < -0.3 is 5.32 Å². The third kappa shape index (κ3) is 6.00. The van der Waals surface area contributed by atoms with Crippen LogP contribution >= 0.6 is 56.7 Å². The van der Waals surface area contributed by atoms with E-state index in [9.17, 15) is 0 Å². The van der Waals surface area contributed by atoms with Crippen LogP contribution in [0.25, 0.3) is 0 Å². The topological polar surface area (TPSA) is 15.3 Å². The Morgan fingerprint density at radius 1 is 1.10 bits per heavy atom. The molecule has 2 rings (SSSR count). The van der Waals surface area contributed by atoms with Gasteiger partial charge in [0.25, 0.3) is 0 Å². The first-order valence-corrected chi connectivity index (χ1v) is 8.61. The van der Waals surface area contributed by atoms with E-state index >= 15 is 0 Å². The minimum Gasteiger partial charge on any atom is -0.314 e. The van der Waals surface area contributed by atoms with Crippen molar-refractivity contribution in [3.63, 3.8) is 0 Å². The fourth-order valence-electron chi connectivity index (χ4n) is 2.83. The fourth-order valence-corrected chi connectivity index (χ4v) is 4.16. The van der Waals surface area contributed by atoms with Gasteiger partial charge in [-0.15, -0.1) is 24.8 Å². The molecular weight excluding hydrogens is 439 g/mol. The summed E-state index contributed by atoms with van der Waals surface area (Å²) in [6, 6.07) is 7.16. The van der Waals surface area contributed by atoms with Gasteiger partial charge in [0.05, 0.1) is 0 Å². The molecule has 122 valence electrons. The summed E-state index contributed by atoms with van der Waals surface area (Å²) in [5.74, 6) is 0.666. The highest BCUT2D eigenvalue weighted by Crippen LogP contribution is 2.34. The molecule has 0 bridgehead atoms. The van der Waals surface area contributed by atoms with Gasteiger partial charge >= 0.3 is 0 Å². The van der Waals surface area contributed by atoms with Crippen LogP contribution in [0.15, 0.2) is 27.1 Å². The molecule has 0 amide bonds. The van der Waals surface area contributed by atoms with Gasteiger partial charge in [-0.3, -0.25) is 4.90 Å². The van der Waals surface area contributed by atoms with Gasteiger partial charge in [0.15, 0.2) is 0 Å². The number of benzene rings is 1. The van der Waals surface area contributed by atoms with E-state index < -0.39 is 0 Å². The average molecular weight is 463 g/mol. The van der Waals surface area contributed by atoms with Crippen molar-refractivity contribution < 1.29 is 0 Å². The lowest BCUT2D eigenvalue weighted by molar-refractivity contribution is 0.128. The van der Waals surface area contributed by atoms with E-state index in [-0.39, 0.29) is 24.8 Å². The molecule has 1 fully saturated rings. The first-order valence-electron chi connectivity index (χ1n) is 7.02. The van der Waals surface area contributed by atoms with E-state index in [1.54, 1.807) is 0 Å². The van der Waals surface area contributed by atoms with Gasteiger partial charge in [0, 0.05) is 41.2 Å². The third-order valence-corrected chi connectivity index (χ3v) is 4.87. The van der Waals surface area contributed by atoms with Crippen LogP contribution in [0.5, 0.6) is 0 Å². The van der Waals surface area contributed by atoms with Gasteiger partial charge in [0.2, 0.25) is 0 Å². The molecule has 1 aliphatic heterocycles. The Bertz CT molecular complexity index is 406. The lowest BCUT2D eigenvalue weighted by Crippen LogP contribution is -2.46. The minimum atomic E-state index is 0. The van der Waals surface area contributed by atoms with Crippen molar-refractivity contribution >= 4 is 56.7 Å². The molecular formula is C15H24Br2Cl2N2. The van der Waals surface area contributed by atoms with E-state index in [0.717, 1.165) is 35.1 Å². The van der Waals surface area contributed by atoms with Gasteiger partial charge in [0.1, 0.15) is 0 Å². The van der Waals surface area contributed by atoms with Crippen LogP contribution in [0, 0.1) is 5.92 Å². The maximum atomic E-state index is 3.62. The summed E-state index contributed by atoms with van der Waals surface area (Å²) < 4.78 is 2.31. The molecule has 2 nitrogen and oxygen atoms in total. The van der Waals surface area contributed by atoms with Crippen molar-refractivity contribution in [2.75, 3.05) is 26.2 Å². The maximum Gasteiger partial charge on any atom is 0.0375 e. The first-order chi connectivity index (χ1) is 9.11. The summed E-state index contributed by atoms with van der Waals surface area (Å²) >= 11 is 7.23. The number of hydrogen-bond acceptors (Lipinski definition) is 2. The summed E-state index contributed by atoms with van der Waals surface area (Å²) in [5, 5.41) is 3.44. The van der Waals surface area contributed by atoms with Crippen molar-refractivity contribution in [1.82, 2.24) is 10.2 Å². The monoisotopic (exact) mass is 460 g/mol. The van der Waals surface area contributed by atoms with E-state index in [1.807, 2.05) is 0 Å². The molecule has 1 saturated heterocycles. The van der Waals surface area contributed by atoms with E-state index in [2.05, 4.69) is 74.1 Å². The Balaban J connectivity index is 0.00000200. The second-order valence-electron chi connectivity index (χ2n) is 5.32. The number of nitrogens with zero attached hydrogens (tertiary/aromatic N) is 1. The van der Waals surface area contributed by atoms with Crippen molar-refractivity contribution in [2.24, 2.45) is 5.92 Å². The highest BCUT2D eigenvalue weighted by Gasteiger charge is 2.26. The zero-order chi connectivity index (χ0) is 13.8. The molecule has 0 radical (unpaired) electrons. The van der Waals surface area contributed by atoms with Crippen LogP contribution in [-0.2, 0) is 0 Å². The predicted molar refractivity (Wildman–Crippen MR) is 103 cm³/mol. The van der Waals surface area contributed by atoms with E-state index in [1.165, 1.54) is 12.0 Å². The summed E-state index contributed by atoms with van der Waals surface area (Å²) in [6.45, 7) is 9.12. The zero-order valence-electron chi connectivity index (χ0n) is 12.4. The van der Waals surface area contributed by atoms with Gasteiger partial charge in [-0.1, -0.05) is 52.1 Å². The number of halogens is 4. The van der Waals surface area contributed by atoms with Gasteiger partial charge in [-0.2, -0.15) is 0 Å². The van der Waals surface area contributed by atoms with Crippen LogP contribution in [0.1, 0.15) is 31.9 Å². The van der Waals surface area contributed by atoms with E-state index in [0.29, 0.717) is 12.0 Å². The molecule has 0 aliphatic carbocycles. The second-order valence-corrected chi connectivity index (χ2v) is 7.15. The maximum absolute atomic E-state index is 3.62. The molecule has 1 aromatic rings. The number of piperazine rings is 1. The Kier molecular flexibility index (Phi) is 10.8. The van der Waals surface area contributed by atoms with Crippen molar-refractivity contribution in [1.29, 1.82) is 0 Å². The molecule has 1 N–H and O–H groups in total. The molecule has 21 heavy (non-hydrogen) atoms. The average Bonchev–Trinajstić information content (AvgIpc) is 2.39. The van der Waals surface area contributed by atoms with Crippen molar-refractivity contribution in [3.8, 4) is 0 Å². The fraction of sp³-hybridized carbons (Fsp3) is 0.600. The lowest BCUT2D eigenvalue weighted by atomic mass is 9.90. The molecule has 1 heterocycles. The number of rotatable bonds is 4. The van der Waals surface area contributed by atoms with Gasteiger partial charge in [-0.05, 0) is 29.7 Å². The highest BCUT2D eigenvalue weighted by atomic mass is 79.9. The van der Waals surface area contributed by atoms with Gasteiger partial charge in [-0.25, -0.2) is 0 Å². The van der Waals surface area contributed by atoms with Crippen LogP contribution in [0.4, 0.5) is 0 Å². The Morgan fingerprint density at radius 3 is 2.10 bits per heavy atom. The zero-order valence-corrected chi connectivity index (χ0v) is 17.2. The predicted octanol–water partition coefficient (Wildman–Crippen LogP) is 5.05. The lowest BCUT2D eigenvalue weighted by Gasteiger charge is -2.38. The molecule has 6 heteroatoms.